The third kappa shape index (κ3) is 5.87. The Kier molecular flexibility index (Phi) is 7.91. The summed E-state index contributed by atoms with van der Waals surface area (Å²) < 4.78 is 60.2. The van der Waals surface area contributed by atoms with Crippen LogP contribution in [-0.2, 0) is 21.3 Å². The maximum absolute atomic E-state index is 14.6. The number of fused-ring (bicyclic) bond motifs is 1. The number of nitrogens with one attached hydrogen (secondary N) is 1. The van der Waals surface area contributed by atoms with Crippen LogP contribution in [0.2, 0.25) is 0 Å². The quantitative estimate of drug-likeness (QED) is 0.420. The number of aliphatic hydroxyl groups is 1. The van der Waals surface area contributed by atoms with E-state index >= 15 is 0 Å². The number of hydrogen-bond donors (Lipinski definition) is 2. The van der Waals surface area contributed by atoms with Crippen molar-refractivity contribution >= 4 is 22.4 Å². The van der Waals surface area contributed by atoms with Crippen LogP contribution in [-0.4, -0.2) is 86.6 Å². The van der Waals surface area contributed by atoms with Crippen molar-refractivity contribution in [1.82, 2.24) is 9.97 Å². The Balaban J connectivity index is 1.43. The molecule has 40 heavy (non-hydrogen) atoms. The van der Waals surface area contributed by atoms with Gasteiger partial charge in [0.25, 0.3) is 0 Å². The zero-order valence-electron chi connectivity index (χ0n) is 23.2. The minimum Gasteiger partial charge on any atom is -0.496 e. The number of anilines is 2. The normalized spacial score (nSPS) is 18.7. The maximum Gasteiger partial charge on any atom is 0.417 e. The summed E-state index contributed by atoms with van der Waals surface area (Å²) in [6.07, 6.45) is -4.41. The second kappa shape index (κ2) is 11.1. The molecule has 8 nitrogen and oxygen atoms in total. The van der Waals surface area contributed by atoms with Crippen molar-refractivity contribution in [3.05, 3.63) is 47.8 Å². The molecule has 0 bridgehead atoms. The minimum absolute atomic E-state index is 0.292. The van der Waals surface area contributed by atoms with Crippen molar-refractivity contribution in [2.45, 2.75) is 43.9 Å². The van der Waals surface area contributed by atoms with E-state index in [1.54, 1.807) is 32.2 Å². The molecule has 0 aliphatic carbocycles. The molecule has 4 heterocycles. The van der Waals surface area contributed by atoms with Crippen molar-refractivity contribution in [2.24, 2.45) is 0 Å². The largest absolute Gasteiger partial charge is 0.496 e. The standard InChI is InChI=1S/C29H37F3N4O4/c1-27(2,23-16-22(4-5-25(23)38-3)35-6-10-39-11-7-35)19-28(37,29(30,31)32)17-21-14-20-15-26(33-18-24(20)34-21)36-8-12-40-13-9-36/h4-5,14-16,18,34,37H,6-13,17,19H2,1-3H3. The van der Waals surface area contributed by atoms with Crippen LogP contribution in [0, 0.1) is 0 Å². The van der Waals surface area contributed by atoms with E-state index in [1.807, 2.05) is 18.2 Å². The number of halogens is 3. The molecule has 218 valence electrons. The van der Waals surface area contributed by atoms with Crippen molar-refractivity contribution in [2.75, 3.05) is 69.5 Å². The molecule has 3 aromatic rings. The number of ether oxygens (including phenoxy) is 3. The summed E-state index contributed by atoms with van der Waals surface area (Å²) >= 11 is 0. The third-order valence-electron chi connectivity index (χ3n) is 7.91. The molecule has 1 aromatic carbocycles. The Morgan fingerprint density at radius 2 is 1.62 bits per heavy atom. The van der Waals surface area contributed by atoms with Gasteiger partial charge in [0.2, 0.25) is 0 Å². The van der Waals surface area contributed by atoms with Crippen LogP contribution < -0.4 is 14.5 Å². The Bertz CT molecular complexity index is 1320. The smallest absolute Gasteiger partial charge is 0.417 e. The molecule has 1 atom stereocenters. The number of morpholine rings is 2. The van der Waals surface area contributed by atoms with Crippen LogP contribution in [0.5, 0.6) is 5.75 Å². The number of H-pyrrole nitrogens is 1. The molecule has 2 aromatic heterocycles. The average Bonchev–Trinajstić information content (AvgIpc) is 3.34. The molecule has 11 heteroatoms. The predicted octanol–water partition coefficient (Wildman–Crippen LogP) is 4.45. The lowest BCUT2D eigenvalue weighted by atomic mass is 9.73. The number of hydrogen-bond acceptors (Lipinski definition) is 7. The van der Waals surface area contributed by atoms with Gasteiger partial charge in [-0.25, -0.2) is 4.98 Å². The molecule has 2 N–H and O–H groups in total. The molecule has 5 rings (SSSR count). The summed E-state index contributed by atoms with van der Waals surface area (Å²) in [6, 6.07) is 9.10. The van der Waals surface area contributed by atoms with Gasteiger partial charge in [-0.05, 0) is 42.2 Å². The van der Waals surface area contributed by atoms with E-state index in [2.05, 4.69) is 19.8 Å². The van der Waals surface area contributed by atoms with E-state index in [-0.39, 0.29) is 0 Å². The number of alkyl halides is 3. The van der Waals surface area contributed by atoms with E-state index in [1.165, 1.54) is 7.11 Å². The van der Waals surface area contributed by atoms with E-state index in [0.717, 1.165) is 16.9 Å². The summed E-state index contributed by atoms with van der Waals surface area (Å²) in [5, 5.41) is 12.1. The lowest BCUT2D eigenvalue weighted by Gasteiger charge is -2.39. The topological polar surface area (TPSA) is 83.1 Å². The van der Waals surface area contributed by atoms with Gasteiger partial charge in [0.15, 0.2) is 5.60 Å². The van der Waals surface area contributed by atoms with E-state index < -0.39 is 30.0 Å². The van der Waals surface area contributed by atoms with E-state index in [9.17, 15) is 18.3 Å². The monoisotopic (exact) mass is 562 g/mol. The minimum atomic E-state index is -4.87. The SMILES string of the molecule is COc1ccc(N2CCOCC2)cc1C(C)(C)CC(O)(Cc1cc2cc(N3CCOCC3)ncc2[nH]1)C(F)(F)F. The summed E-state index contributed by atoms with van der Waals surface area (Å²) in [5.41, 5.74) is -1.65. The van der Waals surface area contributed by atoms with E-state index in [0.29, 0.717) is 75.1 Å². The fourth-order valence-corrected chi connectivity index (χ4v) is 5.79. The molecule has 0 spiro atoms. The number of methoxy groups -OCH3 is 1. The number of benzene rings is 1. The van der Waals surface area contributed by atoms with Crippen LogP contribution in [0.25, 0.3) is 10.9 Å². The molecule has 2 saturated heterocycles. The first kappa shape index (κ1) is 28.5. The summed E-state index contributed by atoms with van der Waals surface area (Å²) in [5.74, 6) is 1.24. The summed E-state index contributed by atoms with van der Waals surface area (Å²) in [4.78, 5) is 11.8. The first-order chi connectivity index (χ1) is 19.0. The van der Waals surface area contributed by atoms with Crippen LogP contribution in [0.3, 0.4) is 0 Å². The Morgan fingerprint density at radius 1 is 0.975 bits per heavy atom. The fraction of sp³-hybridized carbons (Fsp3) is 0.552. The van der Waals surface area contributed by atoms with Crippen molar-refractivity contribution < 1.29 is 32.5 Å². The molecule has 2 fully saturated rings. The second-order valence-corrected chi connectivity index (χ2v) is 11.3. The van der Waals surface area contributed by atoms with Crippen molar-refractivity contribution in [1.29, 1.82) is 0 Å². The van der Waals surface area contributed by atoms with Gasteiger partial charge in [-0.1, -0.05) is 13.8 Å². The van der Waals surface area contributed by atoms with Crippen LogP contribution in [0.1, 0.15) is 31.5 Å². The average molecular weight is 563 g/mol. The van der Waals surface area contributed by atoms with Crippen LogP contribution in [0.4, 0.5) is 24.7 Å². The highest BCUT2D eigenvalue weighted by Crippen LogP contribution is 2.46. The van der Waals surface area contributed by atoms with Gasteiger partial charge in [-0.3, -0.25) is 0 Å². The van der Waals surface area contributed by atoms with Gasteiger partial charge >= 0.3 is 6.18 Å². The highest BCUT2D eigenvalue weighted by atomic mass is 19.4. The lowest BCUT2D eigenvalue weighted by molar-refractivity contribution is -0.266. The number of aromatic nitrogens is 2. The van der Waals surface area contributed by atoms with Gasteiger partial charge < -0.3 is 34.1 Å². The molecule has 1 unspecified atom stereocenters. The van der Waals surface area contributed by atoms with Crippen molar-refractivity contribution in [3.8, 4) is 5.75 Å². The van der Waals surface area contributed by atoms with Crippen molar-refractivity contribution in [3.63, 3.8) is 0 Å². The number of nitrogens with zero attached hydrogens (tertiary/aromatic N) is 3. The molecular formula is C29H37F3N4O4. The summed E-state index contributed by atoms with van der Waals surface area (Å²) in [7, 11) is 1.50. The number of aromatic amines is 1. The molecule has 2 aliphatic heterocycles. The zero-order chi connectivity index (χ0) is 28.5. The van der Waals surface area contributed by atoms with Crippen LogP contribution in [0.15, 0.2) is 36.5 Å². The number of pyridine rings is 1. The Morgan fingerprint density at radius 3 is 2.25 bits per heavy atom. The third-order valence-corrected chi connectivity index (χ3v) is 7.91. The molecule has 0 saturated carbocycles. The number of rotatable bonds is 8. The van der Waals surface area contributed by atoms with E-state index in [4.69, 9.17) is 14.2 Å². The first-order valence-electron chi connectivity index (χ1n) is 13.6. The van der Waals surface area contributed by atoms with Gasteiger partial charge in [-0.2, -0.15) is 13.2 Å². The molecule has 0 amide bonds. The van der Waals surface area contributed by atoms with Gasteiger partial charge in [0.05, 0.1) is 45.3 Å². The molecule has 0 radical (unpaired) electrons. The lowest BCUT2D eigenvalue weighted by Crippen LogP contribution is -2.51. The van der Waals surface area contributed by atoms with Gasteiger partial charge in [0.1, 0.15) is 11.6 Å². The second-order valence-electron chi connectivity index (χ2n) is 11.3. The molecular weight excluding hydrogens is 525 g/mol. The Labute approximate surface area is 232 Å². The zero-order valence-corrected chi connectivity index (χ0v) is 23.2. The predicted molar refractivity (Wildman–Crippen MR) is 148 cm³/mol. The molecule has 2 aliphatic rings. The highest BCUT2D eigenvalue weighted by molar-refractivity contribution is 5.82. The summed E-state index contributed by atoms with van der Waals surface area (Å²) in [6.45, 7) is 8.62. The maximum atomic E-state index is 14.6. The Hall–Kier alpha value is -3.02. The van der Waals surface area contributed by atoms with Gasteiger partial charge in [-0.15, -0.1) is 0 Å². The fourth-order valence-electron chi connectivity index (χ4n) is 5.79. The van der Waals surface area contributed by atoms with Crippen LogP contribution >= 0.6 is 0 Å². The first-order valence-corrected chi connectivity index (χ1v) is 13.6. The van der Waals surface area contributed by atoms with Gasteiger partial charge in [0, 0.05) is 54.9 Å². The highest BCUT2D eigenvalue weighted by Gasteiger charge is 2.56.